The molecule has 0 saturated heterocycles. The highest BCUT2D eigenvalue weighted by atomic mass is 14.5. The van der Waals surface area contributed by atoms with Crippen LogP contribution in [0.1, 0.15) is 45.2 Å². The minimum atomic E-state index is 0.549. The minimum absolute atomic E-state index is 0.549. The Morgan fingerprint density at radius 3 is 2.17 bits per heavy atom. The summed E-state index contributed by atoms with van der Waals surface area (Å²) in [6.07, 6.45) is 4.40. The van der Waals surface area contributed by atoms with Gasteiger partial charge in [-0.1, -0.05) is 58.0 Å². The van der Waals surface area contributed by atoms with Crippen molar-refractivity contribution >= 4 is 5.57 Å². The zero-order valence-electron chi connectivity index (χ0n) is 12.2. The quantitative estimate of drug-likeness (QED) is 0.795. The highest BCUT2D eigenvalue weighted by molar-refractivity contribution is 5.67. The van der Waals surface area contributed by atoms with Gasteiger partial charge in [0.15, 0.2) is 0 Å². The first kappa shape index (κ1) is 15.0. The van der Waals surface area contributed by atoms with Crippen LogP contribution in [0.2, 0.25) is 0 Å². The van der Waals surface area contributed by atoms with E-state index in [1.54, 1.807) is 0 Å². The predicted octanol–water partition coefficient (Wildman–Crippen LogP) is 4.27. The normalized spacial score (nSPS) is 12.5. The molecule has 1 heteroatoms. The Morgan fingerprint density at radius 2 is 1.72 bits per heavy atom. The number of hydrogen-bond donors (Lipinski definition) is 1. The average Bonchev–Trinajstić information content (AvgIpc) is 2.30. The molecule has 0 bridgehead atoms. The zero-order chi connectivity index (χ0) is 13.5. The van der Waals surface area contributed by atoms with Gasteiger partial charge in [0, 0.05) is 0 Å². The Morgan fingerprint density at radius 1 is 1.11 bits per heavy atom. The van der Waals surface area contributed by atoms with Gasteiger partial charge in [-0.05, 0) is 47.9 Å². The molecule has 0 aliphatic carbocycles. The molecule has 100 valence electrons. The van der Waals surface area contributed by atoms with Crippen LogP contribution in [0.15, 0.2) is 30.3 Å². The second-order valence-corrected chi connectivity index (χ2v) is 5.69. The van der Waals surface area contributed by atoms with Crippen LogP contribution in [0.5, 0.6) is 0 Å². The van der Waals surface area contributed by atoms with Crippen LogP contribution in [-0.4, -0.2) is 6.54 Å². The molecule has 0 aromatic heterocycles. The molecular weight excluding hydrogens is 218 g/mol. The molecule has 1 aromatic rings. The van der Waals surface area contributed by atoms with E-state index in [9.17, 15) is 0 Å². The summed E-state index contributed by atoms with van der Waals surface area (Å²) in [7, 11) is 0. The van der Waals surface area contributed by atoms with Crippen molar-refractivity contribution in [3.05, 3.63) is 41.5 Å². The molecule has 0 spiro atoms. The summed E-state index contributed by atoms with van der Waals surface area (Å²) in [5, 5.41) is 0. The maximum Gasteiger partial charge on any atom is -0.00424 e. The van der Waals surface area contributed by atoms with Crippen LogP contribution in [0.4, 0.5) is 0 Å². The molecule has 1 aromatic carbocycles. The Hall–Kier alpha value is -1.08. The Kier molecular flexibility index (Phi) is 6.14. The predicted molar refractivity (Wildman–Crippen MR) is 81.5 cm³/mol. The van der Waals surface area contributed by atoms with Gasteiger partial charge in [0.1, 0.15) is 0 Å². The van der Waals surface area contributed by atoms with E-state index in [1.165, 1.54) is 16.7 Å². The number of hydrogen-bond acceptors (Lipinski definition) is 1. The van der Waals surface area contributed by atoms with Crippen molar-refractivity contribution in [2.75, 3.05) is 6.54 Å². The Balaban J connectivity index is 2.87. The largest absolute Gasteiger partial charge is 0.330 e. The third-order valence-corrected chi connectivity index (χ3v) is 3.08. The summed E-state index contributed by atoms with van der Waals surface area (Å²) in [5.41, 5.74) is 9.77. The highest BCUT2D eigenvalue weighted by Crippen LogP contribution is 2.24. The van der Waals surface area contributed by atoms with E-state index >= 15 is 0 Å². The van der Waals surface area contributed by atoms with Crippen molar-refractivity contribution in [2.24, 2.45) is 17.6 Å². The first-order valence-electron chi connectivity index (χ1n) is 7.04. The molecule has 1 rings (SSSR count). The molecular formula is C17H27N. The fourth-order valence-corrected chi connectivity index (χ4v) is 2.23. The lowest BCUT2D eigenvalue weighted by Crippen LogP contribution is -2.00. The number of benzene rings is 1. The third-order valence-electron chi connectivity index (χ3n) is 3.08. The Labute approximate surface area is 112 Å². The van der Waals surface area contributed by atoms with Gasteiger partial charge in [-0.2, -0.15) is 0 Å². The van der Waals surface area contributed by atoms with Gasteiger partial charge in [0.2, 0.25) is 0 Å². The first-order chi connectivity index (χ1) is 8.54. The van der Waals surface area contributed by atoms with Gasteiger partial charge in [-0.3, -0.25) is 0 Å². The van der Waals surface area contributed by atoms with Crippen LogP contribution < -0.4 is 5.73 Å². The van der Waals surface area contributed by atoms with Gasteiger partial charge in [0.05, 0.1) is 0 Å². The summed E-state index contributed by atoms with van der Waals surface area (Å²) in [6.45, 7) is 9.72. The monoisotopic (exact) mass is 245 g/mol. The number of allylic oxidation sites excluding steroid dienone is 1. The van der Waals surface area contributed by atoms with Crippen molar-refractivity contribution in [1.29, 1.82) is 0 Å². The summed E-state index contributed by atoms with van der Waals surface area (Å²) >= 11 is 0. The lowest BCUT2D eigenvalue weighted by atomic mass is 9.92. The first-order valence-corrected chi connectivity index (χ1v) is 7.04. The summed E-state index contributed by atoms with van der Waals surface area (Å²) in [6, 6.07) is 9.02. The second kappa shape index (κ2) is 7.38. The molecule has 0 saturated carbocycles. The molecule has 18 heavy (non-hydrogen) atoms. The molecule has 0 heterocycles. The summed E-state index contributed by atoms with van der Waals surface area (Å²) < 4.78 is 0. The molecule has 0 fully saturated rings. The van der Waals surface area contributed by atoms with Gasteiger partial charge in [-0.15, -0.1) is 0 Å². The molecule has 0 unspecified atom stereocenters. The van der Waals surface area contributed by atoms with Gasteiger partial charge < -0.3 is 5.73 Å². The van der Waals surface area contributed by atoms with E-state index in [4.69, 9.17) is 5.73 Å². The fourth-order valence-electron chi connectivity index (χ4n) is 2.23. The molecule has 0 atom stereocenters. The van der Waals surface area contributed by atoms with Gasteiger partial charge in [-0.25, -0.2) is 0 Å². The van der Waals surface area contributed by atoms with E-state index in [1.807, 2.05) is 0 Å². The van der Waals surface area contributed by atoms with E-state index in [2.05, 4.69) is 58.0 Å². The van der Waals surface area contributed by atoms with Crippen molar-refractivity contribution in [3.63, 3.8) is 0 Å². The van der Waals surface area contributed by atoms with Crippen LogP contribution in [0.25, 0.3) is 5.57 Å². The molecule has 2 N–H and O–H groups in total. The van der Waals surface area contributed by atoms with Crippen molar-refractivity contribution < 1.29 is 0 Å². The van der Waals surface area contributed by atoms with Crippen LogP contribution in [0.3, 0.4) is 0 Å². The van der Waals surface area contributed by atoms with Crippen molar-refractivity contribution in [3.8, 4) is 0 Å². The smallest absolute Gasteiger partial charge is 0.00424 e. The van der Waals surface area contributed by atoms with E-state index < -0.39 is 0 Å². The van der Waals surface area contributed by atoms with E-state index in [0.717, 1.165) is 19.4 Å². The third kappa shape index (κ3) is 4.66. The molecule has 0 radical (unpaired) electrons. The average molecular weight is 245 g/mol. The van der Waals surface area contributed by atoms with Gasteiger partial charge in [0.25, 0.3) is 0 Å². The number of rotatable bonds is 6. The molecule has 0 aliphatic heterocycles. The van der Waals surface area contributed by atoms with Gasteiger partial charge >= 0.3 is 0 Å². The maximum atomic E-state index is 5.59. The van der Waals surface area contributed by atoms with E-state index in [-0.39, 0.29) is 0 Å². The SMILES string of the molecule is CC(C)Cc1ccc(/C(=C/CCN)C(C)C)cc1. The maximum absolute atomic E-state index is 5.59. The molecule has 0 amide bonds. The minimum Gasteiger partial charge on any atom is -0.330 e. The lowest BCUT2D eigenvalue weighted by Gasteiger charge is -2.13. The second-order valence-electron chi connectivity index (χ2n) is 5.69. The molecule has 0 aliphatic rings. The van der Waals surface area contributed by atoms with E-state index in [0.29, 0.717) is 11.8 Å². The molecule has 1 nitrogen and oxygen atoms in total. The number of nitrogens with two attached hydrogens (primary N) is 1. The van der Waals surface area contributed by atoms with Crippen molar-refractivity contribution in [2.45, 2.75) is 40.5 Å². The van der Waals surface area contributed by atoms with Crippen LogP contribution in [-0.2, 0) is 6.42 Å². The topological polar surface area (TPSA) is 26.0 Å². The fraction of sp³-hybridized carbons (Fsp3) is 0.529. The standard InChI is InChI=1S/C17H27N/c1-13(2)12-15-7-9-16(10-8-15)17(14(3)4)6-5-11-18/h6-10,13-14H,5,11-12,18H2,1-4H3/b17-6+. The van der Waals surface area contributed by atoms with Crippen LogP contribution in [0, 0.1) is 11.8 Å². The van der Waals surface area contributed by atoms with Crippen molar-refractivity contribution in [1.82, 2.24) is 0 Å². The van der Waals surface area contributed by atoms with Crippen LogP contribution >= 0.6 is 0 Å². The Bertz CT molecular complexity index is 371. The lowest BCUT2D eigenvalue weighted by molar-refractivity contribution is 0.647. The summed E-state index contributed by atoms with van der Waals surface area (Å²) in [5.74, 6) is 1.26. The highest BCUT2D eigenvalue weighted by Gasteiger charge is 2.06. The zero-order valence-corrected chi connectivity index (χ0v) is 12.2. The summed E-state index contributed by atoms with van der Waals surface area (Å²) in [4.78, 5) is 0.